The SMILES string of the molecule is CC(N)Cc1[nH]nc2ccccc12.Cl.Cl. The van der Waals surface area contributed by atoms with Gasteiger partial charge in [-0.2, -0.15) is 5.10 Å². The largest absolute Gasteiger partial charge is 0.328 e. The molecule has 1 heterocycles. The minimum atomic E-state index is 0. The minimum Gasteiger partial charge on any atom is -0.328 e. The Kier molecular flexibility index (Phi) is 5.65. The molecule has 0 aliphatic carbocycles. The Morgan fingerprint density at radius 3 is 2.67 bits per heavy atom. The van der Waals surface area contributed by atoms with E-state index in [2.05, 4.69) is 16.3 Å². The summed E-state index contributed by atoms with van der Waals surface area (Å²) in [5.74, 6) is 0. The van der Waals surface area contributed by atoms with Gasteiger partial charge in [0.05, 0.1) is 5.52 Å². The molecule has 0 aliphatic rings. The predicted octanol–water partition coefficient (Wildman–Crippen LogP) is 2.30. The van der Waals surface area contributed by atoms with Gasteiger partial charge in [-0.1, -0.05) is 18.2 Å². The third-order valence-electron chi connectivity index (χ3n) is 2.07. The Hall–Kier alpha value is -0.770. The number of fused-ring (bicyclic) bond motifs is 1. The summed E-state index contributed by atoms with van der Waals surface area (Å²) in [5.41, 5.74) is 7.87. The van der Waals surface area contributed by atoms with Crippen LogP contribution in [0.2, 0.25) is 0 Å². The summed E-state index contributed by atoms with van der Waals surface area (Å²) >= 11 is 0. The zero-order valence-corrected chi connectivity index (χ0v) is 10.1. The minimum absolute atomic E-state index is 0. The number of hydrogen-bond donors (Lipinski definition) is 2. The average molecular weight is 248 g/mol. The molecule has 1 aromatic heterocycles. The van der Waals surface area contributed by atoms with Gasteiger partial charge in [0.25, 0.3) is 0 Å². The maximum atomic E-state index is 5.73. The number of aromatic nitrogens is 2. The maximum Gasteiger partial charge on any atom is 0.0923 e. The second-order valence-electron chi connectivity index (χ2n) is 3.40. The first-order valence-electron chi connectivity index (χ1n) is 4.45. The van der Waals surface area contributed by atoms with Gasteiger partial charge in [-0.25, -0.2) is 0 Å². The Labute approximate surface area is 101 Å². The van der Waals surface area contributed by atoms with Crippen LogP contribution in [-0.2, 0) is 6.42 Å². The van der Waals surface area contributed by atoms with Crippen molar-refractivity contribution in [1.29, 1.82) is 0 Å². The zero-order chi connectivity index (χ0) is 9.26. The smallest absolute Gasteiger partial charge is 0.0923 e. The number of nitrogens with two attached hydrogens (primary N) is 1. The lowest BCUT2D eigenvalue weighted by atomic mass is 10.1. The Morgan fingerprint density at radius 1 is 1.33 bits per heavy atom. The molecule has 0 radical (unpaired) electrons. The predicted molar refractivity (Wildman–Crippen MR) is 67.9 cm³/mol. The van der Waals surface area contributed by atoms with Gasteiger partial charge >= 0.3 is 0 Å². The highest BCUT2D eigenvalue weighted by atomic mass is 35.5. The van der Waals surface area contributed by atoms with Crippen LogP contribution >= 0.6 is 24.8 Å². The molecule has 15 heavy (non-hydrogen) atoms. The molecule has 84 valence electrons. The van der Waals surface area contributed by atoms with Crippen LogP contribution in [-0.4, -0.2) is 16.2 Å². The van der Waals surface area contributed by atoms with E-state index in [9.17, 15) is 0 Å². The Bertz CT molecular complexity index is 412. The van der Waals surface area contributed by atoms with Crippen molar-refractivity contribution in [3.05, 3.63) is 30.0 Å². The van der Waals surface area contributed by atoms with Crippen LogP contribution < -0.4 is 5.73 Å². The summed E-state index contributed by atoms with van der Waals surface area (Å²) in [5, 5.41) is 8.39. The maximum absolute atomic E-state index is 5.73. The van der Waals surface area contributed by atoms with E-state index in [0.717, 1.165) is 17.6 Å². The van der Waals surface area contributed by atoms with Crippen LogP contribution in [0.3, 0.4) is 0 Å². The van der Waals surface area contributed by atoms with E-state index in [0.29, 0.717) is 0 Å². The summed E-state index contributed by atoms with van der Waals surface area (Å²) in [6, 6.07) is 8.23. The van der Waals surface area contributed by atoms with Gasteiger partial charge in [0, 0.05) is 23.5 Å². The van der Waals surface area contributed by atoms with E-state index in [-0.39, 0.29) is 30.9 Å². The zero-order valence-electron chi connectivity index (χ0n) is 8.43. The molecule has 0 aliphatic heterocycles. The first-order chi connectivity index (χ1) is 6.27. The number of benzene rings is 1. The summed E-state index contributed by atoms with van der Waals surface area (Å²) in [6.45, 7) is 2.00. The van der Waals surface area contributed by atoms with Gasteiger partial charge in [-0.3, -0.25) is 5.10 Å². The van der Waals surface area contributed by atoms with Gasteiger partial charge in [0.15, 0.2) is 0 Å². The van der Waals surface area contributed by atoms with Crippen LogP contribution in [0.25, 0.3) is 10.9 Å². The van der Waals surface area contributed by atoms with Crippen molar-refractivity contribution >= 4 is 35.7 Å². The Balaban J connectivity index is 0.000000980. The molecular formula is C10H15Cl2N3. The van der Waals surface area contributed by atoms with Crippen LogP contribution in [0.15, 0.2) is 24.3 Å². The van der Waals surface area contributed by atoms with Crippen LogP contribution in [0.5, 0.6) is 0 Å². The van der Waals surface area contributed by atoms with E-state index < -0.39 is 0 Å². The van der Waals surface area contributed by atoms with Crippen molar-refractivity contribution < 1.29 is 0 Å². The molecule has 3 N–H and O–H groups in total. The number of rotatable bonds is 2. The lowest BCUT2D eigenvalue weighted by Crippen LogP contribution is -2.18. The van der Waals surface area contributed by atoms with Gasteiger partial charge in [-0.15, -0.1) is 24.8 Å². The third kappa shape index (κ3) is 3.09. The average Bonchev–Trinajstić information content (AvgIpc) is 2.48. The molecule has 0 bridgehead atoms. The molecule has 0 fully saturated rings. The van der Waals surface area contributed by atoms with Gasteiger partial charge < -0.3 is 5.73 Å². The third-order valence-corrected chi connectivity index (χ3v) is 2.07. The van der Waals surface area contributed by atoms with Gasteiger partial charge in [0.2, 0.25) is 0 Å². The summed E-state index contributed by atoms with van der Waals surface area (Å²) < 4.78 is 0. The van der Waals surface area contributed by atoms with E-state index in [1.165, 1.54) is 5.39 Å². The first-order valence-corrected chi connectivity index (χ1v) is 4.45. The lowest BCUT2D eigenvalue weighted by molar-refractivity contribution is 0.722. The topological polar surface area (TPSA) is 54.7 Å². The number of nitrogens with zero attached hydrogens (tertiary/aromatic N) is 1. The van der Waals surface area contributed by atoms with E-state index in [1.807, 2.05) is 25.1 Å². The van der Waals surface area contributed by atoms with Crippen molar-refractivity contribution in [2.45, 2.75) is 19.4 Å². The summed E-state index contributed by atoms with van der Waals surface area (Å²) in [6.07, 6.45) is 0.848. The highest BCUT2D eigenvalue weighted by molar-refractivity contribution is 5.85. The quantitative estimate of drug-likeness (QED) is 0.856. The molecule has 3 nitrogen and oxygen atoms in total. The fraction of sp³-hybridized carbons (Fsp3) is 0.300. The standard InChI is InChI=1S/C10H13N3.2ClH/c1-7(11)6-10-8-4-2-3-5-9(8)12-13-10;;/h2-5,7H,6,11H2,1H3,(H,12,13);2*1H. The number of nitrogens with one attached hydrogen (secondary N) is 1. The molecular weight excluding hydrogens is 233 g/mol. The summed E-state index contributed by atoms with van der Waals surface area (Å²) in [7, 11) is 0. The monoisotopic (exact) mass is 247 g/mol. The molecule has 1 unspecified atom stereocenters. The van der Waals surface area contributed by atoms with Crippen molar-refractivity contribution in [3.8, 4) is 0 Å². The van der Waals surface area contributed by atoms with Crippen molar-refractivity contribution in [2.24, 2.45) is 5.73 Å². The lowest BCUT2D eigenvalue weighted by Gasteiger charge is -2.01. The molecule has 2 aromatic rings. The number of halogens is 2. The molecule has 2 rings (SSSR count). The van der Waals surface area contributed by atoms with E-state index >= 15 is 0 Å². The van der Waals surface area contributed by atoms with Gasteiger partial charge in [0.1, 0.15) is 0 Å². The second kappa shape index (κ2) is 5.95. The number of aromatic amines is 1. The second-order valence-corrected chi connectivity index (χ2v) is 3.40. The molecule has 0 amide bonds. The fourth-order valence-electron chi connectivity index (χ4n) is 1.49. The van der Waals surface area contributed by atoms with Crippen LogP contribution in [0, 0.1) is 0 Å². The summed E-state index contributed by atoms with van der Waals surface area (Å²) in [4.78, 5) is 0. The number of para-hydroxylation sites is 1. The normalized spacial score (nSPS) is 11.6. The molecule has 1 atom stereocenters. The Morgan fingerprint density at radius 2 is 2.00 bits per heavy atom. The van der Waals surface area contributed by atoms with Crippen LogP contribution in [0.4, 0.5) is 0 Å². The molecule has 5 heteroatoms. The molecule has 0 saturated heterocycles. The van der Waals surface area contributed by atoms with Gasteiger partial charge in [-0.05, 0) is 13.0 Å². The first kappa shape index (κ1) is 14.2. The van der Waals surface area contributed by atoms with E-state index in [4.69, 9.17) is 5.73 Å². The van der Waals surface area contributed by atoms with Crippen LogP contribution in [0.1, 0.15) is 12.6 Å². The van der Waals surface area contributed by atoms with Crippen molar-refractivity contribution in [2.75, 3.05) is 0 Å². The fourth-order valence-corrected chi connectivity index (χ4v) is 1.49. The number of hydrogen-bond acceptors (Lipinski definition) is 2. The van der Waals surface area contributed by atoms with E-state index in [1.54, 1.807) is 0 Å². The molecule has 0 spiro atoms. The molecule has 1 aromatic carbocycles. The van der Waals surface area contributed by atoms with Crippen molar-refractivity contribution in [3.63, 3.8) is 0 Å². The molecule has 0 saturated carbocycles. The highest BCUT2D eigenvalue weighted by Gasteiger charge is 2.05. The van der Waals surface area contributed by atoms with Crippen molar-refractivity contribution in [1.82, 2.24) is 10.2 Å². The highest BCUT2D eigenvalue weighted by Crippen LogP contribution is 2.15. The number of H-pyrrole nitrogens is 1.